The lowest BCUT2D eigenvalue weighted by Gasteiger charge is -2.08. The molecule has 112 heavy (non-hydrogen) atoms. The summed E-state index contributed by atoms with van der Waals surface area (Å²) in [5.74, 6) is 0. The first kappa shape index (κ1) is 98.0. The van der Waals surface area contributed by atoms with Crippen LogP contribution in [0.2, 0.25) is 0 Å². The normalized spacial score (nSPS) is 11.1. The van der Waals surface area contributed by atoms with Crippen molar-refractivity contribution in [1.82, 2.24) is 73.2 Å². The van der Waals surface area contributed by atoms with Crippen LogP contribution in [-0.2, 0) is 73.2 Å². The van der Waals surface area contributed by atoms with E-state index in [2.05, 4.69) is 69.2 Å². The van der Waals surface area contributed by atoms with Gasteiger partial charge in [0.15, 0.2) is 11.4 Å². The van der Waals surface area contributed by atoms with Gasteiger partial charge in [-0.3, -0.25) is 33.7 Å². The Balaban J connectivity index is 0.000000607. The van der Waals surface area contributed by atoms with Crippen molar-refractivity contribution in [3.8, 4) is 0 Å². The Hall–Kier alpha value is -12.0. The average Bonchev–Trinajstić information content (AvgIpc) is 1.72. The highest BCUT2D eigenvalue weighted by Crippen LogP contribution is 2.38. The third-order valence-corrected chi connectivity index (χ3v) is 13.8. The van der Waals surface area contributed by atoms with Crippen LogP contribution in [0, 0.1) is 62.0 Å². The number of aromatic nitrogens is 15. The van der Waals surface area contributed by atoms with Gasteiger partial charge < -0.3 is 14.0 Å². The second-order valence-electron chi connectivity index (χ2n) is 24.3. The highest BCUT2D eigenvalue weighted by molar-refractivity contribution is 5.28. The Morgan fingerprint density at radius 1 is 0.375 bits per heavy atom. The van der Waals surface area contributed by atoms with Gasteiger partial charge in [0.05, 0.1) is 23.0 Å². The molecule has 1 fully saturated rings. The third kappa shape index (κ3) is 48.4. The molecule has 31 heteroatoms. The van der Waals surface area contributed by atoms with Gasteiger partial charge >= 0.3 is 30.9 Å². The number of halogens is 15. The summed E-state index contributed by atoms with van der Waals surface area (Å²) in [5.41, 5.74) is 3.74. The van der Waals surface area contributed by atoms with Crippen molar-refractivity contribution >= 4 is 0 Å². The van der Waals surface area contributed by atoms with E-state index >= 15 is 0 Å². The number of imidazole rings is 1. The lowest BCUT2D eigenvalue weighted by molar-refractivity contribution is -0.142. The molecule has 602 valence electrons. The maximum Gasteiger partial charge on any atom is 0.435 e. The third-order valence-electron chi connectivity index (χ3n) is 13.8. The van der Waals surface area contributed by atoms with E-state index in [1.165, 1.54) is 85.2 Å². The number of hydrogen-bond donors (Lipinski definition) is 0. The van der Waals surface area contributed by atoms with E-state index in [-0.39, 0.29) is 11.1 Å². The molecule has 0 bridgehead atoms. The lowest BCUT2D eigenvalue weighted by Crippen LogP contribution is -2.06. The molecule has 0 unspecified atom stereocenters. The molecule has 0 aliphatic heterocycles. The first-order chi connectivity index (χ1) is 52.3. The summed E-state index contributed by atoms with van der Waals surface area (Å²) >= 11 is 0. The molecule has 16 nitrogen and oxygen atoms in total. The molecule has 1 aliphatic rings. The average molecular weight is 1580 g/mol. The second kappa shape index (κ2) is 50.7. The number of rotatable bonds is 0. The molecule has 0 N–H and O–H groups in total. The van der Waals surface area contributed by atoms with Gasteiger partial charge in [0, 0.05) is 148 Å². The van der Waals surface area contributed by atoms with Gasteiger partial charge in [-0.15, -0.1) is 0 Å². The fraction of sp³-hybridized carbons (Fsp3) is 0.284. The number of pyridine rings is 3. The number of hydrogen-bond acceptors (Lipinski definition) is 9. The molecule has 0 amide bonds. The molecule has 0 radical (unpaired) electrons. The molecule has 9 heterocycles. The molecule has 0 saturated heterocycles. The van der Waals surface area contributed by atoms with Crippen molar-refractivity contribution in [3.05, 3.63) is 354 Å². The molecule has 13 aromatic rings. The van der Waals surface area contributed by atoms with Crippen LogP contribution in [0.25, 0.3) is 4.85 Å². The van der Waals surface area contributed by atoms with E-state index in [9.17, 15) is 65.9 Å². The number of nitrogens with zero attached hydrogens (tertiary/aromatic N) is 16. The fourth-order valence-corrected chi connectivity index (χ4v) is 7.23. The highest BCUT2D eigenvalue weighted by atomic mass is 19.4. The minimum Gasteiger partial charge on any atom is -0.357 e. The zero-order valence-corrected chi connectivity index (χ0v) is 64.6. The quantitative estimate of drug-likeness (QED) is 0.107. The maximum absolute atomic E-state index is 12.0. The maximum atomic E-state index is 12.0. The first-order valence-corrected chi connectivity index (χ1v) is 33.6. The standard InChI is InChI=1S/3C8H7F3.C7H8.C6H7F3N2.3C6H7N.C5H5F3N2.2C5H7N.2C4H6N2.C3H5N3/c1-6-2-4-7(5-3-6)8(9,10)11;1-6-3-2-4-7(5-6)8(9,10)11;1-6-4-2-3-5-7(6)8(9,10)11;1-7-5-3-2-4-6-7;1-4-3-5(6(7,8)9)10-11(4)2;1-6-2-4-7-5-3-6;1-6-3-2-4-7-5-6;1-6-4-2-3-5-7-6;1-10-3-2-4(9-10)5(6,7)8;1-5(6-2)3-4-5;1-6-4-2-3-5-6;1-6-3-2-5-4-6;1-6-4-2-3-5-6;1-6-3-4-2-5-6/h3*2-5H,1H3;2-6H,1H3;3H,1-2H3;3*2-5H,1H3;2-3H,1H3;3-4H2,1H3;2-5H,1H3;2*2-4H,1H3;2-3H,1H3. The monoisotopic (exact) mass is 1570 g/mol. The molecule has 0 atom stereocenters. The van der Waals surface area contributed by atoms with E-state index in [0.29, 0.717) is 11.3 Å². The SMILES string of the molecule is Cc1cc(C(F)(F)F)nn1C.Cc1ccc(C(F)(F)F)cc1.Cc1cccc(C(F)(F)F)c1.Cc1ccccc1.Cc1ccccc1C(F)(F)F.Cc1ccccn1.Cc1cccnc1.Cc1ccncc1.Cn1ccc(C(F)(F)F)n1.Cn1cccc1.Cn1cccn1.Cn1ccnc1.Cn1cncn1.[C-]#[N+]C1(C)CC1. The van der Waals surface area contributed by atoms with Gasteiger partial charge in [-0.2, -0.15) is 86.3 Å². The summed E-state index contributed by atoms with van der Waals surface area (Å²) in [6, 6.07) is 47.6. The van der Waals surface area contributed by atoms with Crippen LogP contribution in [0.1, 0.15) is 92.6 Å². The van der Waals surface area contributed by atoms with Gasteiger partial charge in [-0.05, 0) is 157 Å². The predicted molar refractivity (Wildman–Crippen MR) is 405 cm³/mol. The topological polar surface area (TPSA) is 150 Å². The molecule has 14 rings (SSSR count). The van der Waals surface area contributed by atoms with Gasteiger partial charge in [0.1, 0.15) is 12.7 Å². The van der Waals surface area contributed by atoms with Gasteiger partial charge in [-0.25, -0.2) is 16.5 Å². The number of alkyl halides is 15. The predicted octanol–water partition coefficient (Wildman–Crippen LogP) is 21.5. The first-order valence-electron chi connectivity index (χ1n) is 33.6. The molecule has 4 aromatic carbocycles. The van der Waals surface area contributed by atoms with Crippen molar-refractivity contribution in [2.45, 2.75) is 112 Å². The highest BCUT2D eigenvalue weighted by Gasteiger charge is 2.45. The summed E-state index contributed by atoms with van der Waals surface area (Å²) in [7, 11) is 10.6. The second-order valence-corrected chi connectivity index (χ2v) is 24.3. The molecular weight excluding hydrogens is 1480 g/mol. The molecule has 1 saturated carbocycles. The van der Waals surface area contributed by atoms with E-state index in [4.69, 9.17) is 6.57 Å². The molecule has 0 spiro atoms. The molecule has 1 aliphatic carbocycles. The van der Waals surface area contributed by atoms with Gasteiger partial charge in [-0.1, -0.05) is 108 Å². The van der Waals surface area contributed by atoms with Crippen molar-refractivity contribution in [3.63, 3.8) is 0 Å². The minimum absolute atomic E-state index is 0.0833. The Bertz CT molecular complexity index is 4200. The molecular formula is C81H93F15N16. The van der Waals surface area contributed by atoms with Gasteiger partial charge in [0.2, 0.25) is 5.54 Å². The van der Waals surface area contributed by atoms with Crippen LogP contribution in [0.3, 0.4) is 0 Å². The van der Waals surface area contributed by atoms with E-state index < -0.39 is 59.0 Å². The van der Waals surface area contributed by atoms with Crippen molar-refractivity contribution in [1.29, 1.82) is 0 Å². The van der Waals surface area contributed by atoms with E-state index in [1.54, 1.807) is 92.1 Å². The summed E-state index contributed by atoms with van der Waals surface area (Å²) in [5, 5.41) is 14.0. The van der Waals surface area contributed by atoms with Crippen LogP contribution in [0.5, 0.6) is 0 Å². The smallest absolute Gasteiger partial charge is 0.357 e. The Morgan fingerprint density at radius 3 is 1.19 bits per heavy atom. The van der Waals surface area contributed by atoms with E-state index in [1.807, 2.05) is 175 Å². The Labute approximate surface area is 643 Å². The van der Waals surface area contributed by atoms with Crippen molar-refractivity contribution in [2.75, 3.05) is 0 Å². The fourth-order valence-electron chi connectivity index (χ4n) is 7.23. The van der Waals surface area contributed by atoms with Crippen LogP contribution >= 0.6 is 0 Å². The Kier molecular flexibility index (Phi) is 44.4. The van der Waals surface area contributed by atoms with Crippen LogP contribution in [0.4, 0.5) is 65.9 Å². The number of benzene rings is 4. The van der Waals surface area contributed by atoms with Crippen molar-refractivity contribution in [2.24, 2.45) is 42.3 Å². The zero-order chi connectivity index (χ0) is 84.6. The Morgan fingerprint density at radius 2 is 0.938 bits per heavy atom. The summed E-state index contributed by atoms with van der Waals surface area (Å²) in [4.78, 5) is 22.5. The van der Waals surface area contributed by atoms with E-state index in [0.717, 1.165) is 71.2 Å². The van der Waals surface area contributed by atoms with Crippen LogP contribution < -0.4 is 0 Å². The minimum atomic E-state index is -4.33. The van der Waals surface area contributed by atoms with Gasteiger partial charge in [0.25, 0.3) is 0 Å². The van der Waals surface area contributed by atoms with Crippen LogP contribution in [0.15, 0.2) is 269 Å². The lowest BCUT2D eigenvalue weighted by atomic mass is 10.1. The molecule has 9 aromatic heterocycles. The number of aryl methyl sites for hydroxylation is 14. The summed E-state index contributed by atoms with van der Waals surface area (Å²) in [6.07, 6.45) is 7.33. The largest absolute Gasteiger partial charge is 0.435 e. The zero-order valence-electron chi connectivity index (χ0n) is 64.6. The summed E-state index contributed by atoms with van der Waals surface area (Å²) in [6.45, 7) is 23.1. The van der Waals surface area contributed by atoms with Crippen LogP contribution in [-0.4, -0.2) is 78.7 Å². The summed E-state index contributed by atoms with van der Waals surface area (Å²) < 4.78 is 188. The van der Waals surface area contributed by atoms with Crippen molar-refractivity contribution < 1.29 is 65.9 Å².